The van der Waals surface area contributed by atoms with Gasteiger partial charge in [0.1, 0.15) is 0 Å². The van der Waals surface area contributed by atoms with Crippen molar-refractivity contribution in [3.8, 4) is 0 Å². The van der Waals surface area contributed by atoms with Crippen molar-refractivity contribution in [2.24, 2.45) is 5.73 Å². The normalized spacial score (nSPS) is 9.00. The summed E-state index contributed by atoms with van der Waals surface area (Å²) in [5.41, 5.74) is 5.32. The molecule has 3 nitrogen and oxygen atoms in total. The standard InChI is InChI=1S/C7H19N3.C2H6/c1-9-5-3-7-10-6-2-4-8;1-2/h9-10H,2-8H2,1H3;1-2H3. The Morgan fingerprint density at radius 3 is 2.08 bits per heavy atom. The predicted molar refractivity (Wildman–Crippen MR) is 56.4 cm³/mol. The lowest BCUT2D eigenvalue weighted by atomic mass is 10.4. The Hall–Kier alpha value is -0.120. The molecule has 12 heavy (non-hydrogen) atoms. The molecule has 76 valence electrons. The molecule has 0 spiro atoms. The summed E-state index contributed by atoms with van der Waals surface area (Å²) in [4.78, 5) is 0. The van der Waals surface area contributed by atoms with Crippen molar-refractivity contribution in [2.75, 3.05) is 33.2 Å². The Kier molecular flexibility index (Phi) is 20.5. The molecule has 0 bridgehead atoms. The quantitative estimate of drug-likeness (QED) is 0.496. The van der Waals surface area contributed by atoms with Crippen molar-refractivity contribution in [2.45, 2.75) is 26.7 Å². The van der Waals surface area contributed by atoms with Crippen LogP contribution in [-0.2, 0) is 0 Å². The molecule has 0 aromatic rings. The highest BCUT2D eigenvalue weighted by Gasteiger charge is 1.84. The largest absolute Gasteiger partial charge is 0.330 e. The minimum absolute atomic E-state index is 0.791. The first kappa shape index (κ1) is 14.4. The molecule has 0 amide bonds. The van der Waals surface area contributed by atoms with Crippen LogP contribution < -0.4 is 16.4 Å². The van der Waals surface area contributed by atoms with Crippen LogP contribution in [-0.4, -0.2) is 33.2 Å². The third kappa shape index (κ3) is 16.5. The van der Waals surface area contributed by atoms with Gasteiger partial charge in [0.25, 0.3) is 0 Å². The Labute approximate surface area is 77.1 Å². The molecule has 0 fully saturated rings. The smallest absolute Gasteiger partial charge is 0.00368 e. The summed E-state index contributed by atoms with van der Waals surface area (Å²) in [6, 6.07) is 0. The summed E-state index contributed by atoms with van der Waals surface area (Å²) in [5.74, 6) is 0. The monoisotopic (exact) mass is 175 g/mol. The molecule has 0 aromatic heterocycles. The number of nitrogens with two attached hydrogens (primary N) is 1. The van der Waals surface area contributed by atoms with Crippen molar-refractivity contribution in [3.05, 3.63) is 0 Å². The van der Waals surface area contributed by atoms with E-state index in [9.17, 15) is 0 Å². The Bertz CT molecular complexity index is 49.7. The van der Waals surface area contributed by atoms with Crippen LogP contribution in [0.2, 0.25) is 0 Å². The molecular weight excluding hydrogens is 150 g/mol. The van der Waals surface area contributed by atoms with E-state index in [1.54, 1.807) is 0 Å². The van der Waals surface area contributed by atoms with Crippen molar-refractivity contribution < 1.29 is 0 Å². The molecule has 0 rings (SSSR count). The van der Waals surface area contributed by atoms with E-state index >= 15 is 0 Å². The Balaban J connectivity index is 0. The molecule has 0 aliphatic rings. The van der Waals surface area contributed by atoms with E-state index in [1.165, 1.54) is 6.42 Å². The van der Waals surface area contributed by atoms with E-state index in [1.807, 2.05) is 20.9 Å². The van der Waals surface area contributed by atoms with Crippen LogP contribution in [0.4, 0.5) is 0 Å². The summed E-state index contributed by atoms with van der Waals surface area (Å²) >= 11 is 0. The third-order valence-electron chi connectivity index (χ3n) is 1.34. The van der Waals surface area contributed by atoms with E-state index in [2.05, 4.69) is 10.6 Å². The van der Waals surface area contributed by atoms with Gasteiger partial charge in [-0.3, -0.25) is 0 Å². The van der Waals surface area contributed by atoms with Gasteiger partial charge in [-0.05, 0) is 46.1 Å². The topological polar surface area (TPSA) is 50.1 Å². The summed E-state index contributed by atoms with van der Waals surface area (Å²) in [6.45, 7) is 8.04. The fraction of sp³-hybridized carbons (Fsp3) is 1.00. The van der Waals surface area contributed by atoms with Crippen molar-refractivity contribution in [3.63, 3.8) is 0 Å². The molecule has 0 aromatic carbocycles. The molecule has 0 atom stereocenters. The average molecular weight is 175 g/mol. The van der Waals surface area contributed by atoms with Crippen LogP contribution in [0.25, 0.3) is 0 Å². The fourth-order valence-electron chi connectivity index (χ4n) is 0.742. The van der Waals surface area contributed by atoms with Crippen LogP contribution in [0.15, 0.2) is 0 Å². The number of nitrogens with one attached hydrogen (secondary N) is 2. The first-order valence-corrected chi connectivity index (χ1v) is 4.97. The Morgan fingerprint density at radius 2 is 1.58 bits per heavy atom. The van der Waals surface area contributed by atoms with Gasteiger partial charge in [0.05, 0.1) is 0 Å². The predicted octanol–water partition coefficient (Wildman–Crippen LogP) is 0.561. The summed E-state index contributed by atoms with van der Waals surface area (Å²) in [5, 5.41) is 6.40. The van der Waals surface area contributed by atoms with Crippen molar-refractivity contribution in [1.29, 1.82) is 0 Å². The van der Waals surface area contributed by atoms with Crippen LogP contribution >= 0.6 is 0 Å². The van der Waals surface area contributed by atoms with Crippen LogP contribution in [0.3, 0.4) is 0 Å². The van der Waals surface area contributed by atoms with Gasteiger partial charge in [0.2, 0.25) is 0 Å². The maximum atomic E-state index is 5.32. The maximum Gasteiger partial charge on any atom is -0.00368 e. The number of rotatable bonds is 7. The molecule has 0 radical (unpaired) electrons. The summed E-state index contributed by atoms with van der Waals surface area (Å²) in [7, 11) is 1.97. The molecule has 0 saturated heterocycles. The van der Waals surface area contributed by atoms with Crippen molar-refractivity contribution in [1.82, 2.24) is 10.6 Å². The van der Waals surface area contributed by atoms with Gasteiger partial charge in [-0.25, -0.2) is 0 Å². The summed E-state index contributed by atoms with van der Waals surface area (Å²) < 4.78 is 0. The highest BCUT2D eigenvalue weighted by Crippen LogP contribution is 1.73. The van der Waals surface area contributed by atoms with Gasteiger partial charge >= 0.3 is 0 Å². The molecule has 4 N–H and O–H groups in total. The first-order chi connectivity index (χ1) is 5.91. The lowest BCUT2D eigenvalue weighted by molar-refractivity contribution is 0.610. The van der Waals surface area contributed by atoms with E-state index in [-0.39, 0.29) is 0 Å². The van der Waals surface area contributed by atoms with Crippen LogP contribution in [0.1, 0.15) is 26.7 Å². The zero-order valence-electron chi connectivity index (χ0n) is 8.82. The second kappa shape index (κ2) is 17.1. The second-order valence-corrected chi connectivity index (χ2v) is 2.35. The lowest BCUT2D eigenvalue weighted by Crippen LogP contribution is -2.22. The molecule has 0 unspecified atom stereocenters. The lowest BCUT2D eigenvalue weighted by Gasteiger charge is -2.01. The Morgan fingerprint density at radius 1 is 1.00 bits per heavy atom. The zero-order valence-corrected chi connectivity index (χ0v) is 8.82. The summed E-state index contributed by atoms with van der Waals surface area (Å²) in [6.07, 6.45) is 2.28. The molecule has 3 heteroatoms. The maximum absolute atomic E-state index is 5.32. The number of hydrogen-bond donors (Lipinski definition) is 3. The fourth-order valence-corrected chi connectivity index (χ4v) is 0.742. The van der Waals surface area contributed by atoms with Crippen LogP contribution in [0, 0.1) is 0 Å². The van der Waals surface area contributed by atoms with Crippen LogP contribution in [0.5, 0.6) is 0 Å². The highest BCUT2D eigenvalue weighted by atomic mass is 14.9. The van der Waals surface area contributed by atoms with E-state index in [4.69, 9.17) is 5.73 Å². The number of hydrogen-bond acceptors (Lipinski definition) is 3. The van der Waals surface area contributed by atoms with Gasteiger partial charge < -0.3 is 16.4 Å². The zero-order chi connectivity index (χ0) is 9.66. The van der Waals surface area contributed by atoms with Gasteiger partial charge in [0.15, 0.2) is 0 Å². The van der Waals surface area contributed by atoms with Gasteiger partial charge in [-0.1, -0.05) is 13.8 Å². The first-order valence-electron chi connectivity index (χ1n) is 4.97. The second-order valence-electron chi connectivity index (χ2n) is 2.35. The molecule has 0 heterocycles. The minimum atomic E-state index is 0.791. The highest BCUT2D eigenvalue weighted by molar-refractivity contribution is 4.49. The van der Waals surface area contributed by atoms with E-state index < -0.39 is 0 Å². The van der Waals surface area contributed by atoms with Gasteiger partial charge in [0, 0.05) is 0 Å². The SMILES string of the molecule is CC.CNCCCNCCCN. The third-order valence-corrected chi connectivity index (χ3v) is 1.34. The van der Waals surface area contributed by atoms with E-state index in [0.29, 0.717) is 0 Å². The van der Waals surface area contributed by atoms with Gasteiger partial charge in [-0.2, -0.15) is 0 Å². The molecule has 0 aliphatic carbocycles. The molecule has 0 saturated carbocycles. The molecule has 0 aliphatic heterocycles. The average Bonchev–Trinajstić information content (AvgIpc) is 2.15. The van der Waals surface area contributed by atoms with Gasteiger partial charge in [-0.15, -0.1) is 0 Å². The van der Waals surface area contributed by atoms with E-state index in [0.717, 1.165) is 32.6 Å². The van der Waals surface area contributed by atoms with Crippen molar-refractivity contribution >= 4 is 0 Å². The minimum Gasteiger partial charge on any atom is -0.330 e. The molecular formula is C9H25N3.